The third-order valence-corrected chi connectivity index (χ3v) is 2.70. The number of aromatic hydroxyl groups is 1. The Morgan fingerprint density at radius 3 is 2.19 bits per heavy atom. The van der Waals surface area contributed by atoms with Gasteiger partial charge in [0.1, 0.15) is 5.75 Å². The highest BCUT2D eigenvalue weighted by Crippen LogP contribution is 2.22. The van der Waals surface area contributed by atoms with Gasteiger partial charge in [0.2, 0.25) is 0 Å². The van der Waals surface area contributed by atoms with E-state index in [4.69, 9.17) is 0 Å². The molecule has 21 heavy (non-hydrogen) atoms. The second-order valence-electron chi connectivity index (χ2n) is 4.29. The summed E-state index contributed by atoms with van der Waals surface area (Å²) < 4.78 is 0. The van der Waals surface area contributed by atoms with E-state index in [2.05, 4.69) is 5.32 Å². The lowest BCUT2D eigenvalue weighted by Crippen LogP contribution is -2.21. The van der Waals surface area contributed by atoms with Crippen LogP contribution in [0.1, 0.15) is 22.0 Å². The van der Waals surface area contributed by atoms with Gasteiger partial charge in [0.15, 0.2) is 0 Å². The molecule has 0 heterocycles. The van der Waals surface area contributed by atoms with Crippen molar-refractivity contribution >= 4 is 5.97 Å². The van der Waals surface area contributed by atoms with Crippen molar-refractivity contribution in [3.8, 4) is 5.75 Å². The van der Waals surface area contributed by atoms with E-state index in [9.17, 15) is 20.1 Å². The maximum absolute atomic E-state index is 10.1. The molecule has 2 rings (SSSR count). The summed E-state index contributed by atoms with van der Waals surface area (Å²) in [7, 11) is 1.75. The SMILES string of the molecule is CNCC(O)c1ccccc1O.O=C([O-])c1ccccc1. The first-order valence-electron chi connectivity index (χ1n) is 6.43. The summed E-state index contributed by atoms with van der Waals surface area (Å²) >= 11 is 0. The van der Waals surface area contributed by atoms with E-state index in [0.29, 0.717) is 12.1 Å². The number of carboxylic acids is 1. The minimum atomic E-state index is -1.13. The van der Waals surface area contributed by atoms with Crippen LogP contribution in [0.2, 0.25) is 0 Å². The Morgan fingerprint density at radius 2 is 1.71 bits per heavy atom. The van der Waals surface area contributed by atoms with Gasteiger partial charge in [-0.1, -0.05) is 48.5 Å². The Morgan fingerprint density at radius 1 is 1.14 bits per heavy atom. The molecule has 0 fully saturated rings. The quantitative estimate of drug-likeness (QED) is 0.770. The predicted molar refractivity (Wildman–Crippen MR) is 77.8 cm³/mol. The average molecular weight is 288 g/mol. The van der Waals surface area contributed by atoms with Crippen LogP contribution in [-0.2, 0) is 0 Å². The molecule has 0 saturated carbocycles. The monoisotopic (exact) mass is 288 g/mol. The zero-order chi connectivity index (χ0) is 15.7. The van der Waals surface area contributed by atoms with Crippen LogP contribution < -0.4 is 10.4 Å². The minimum absolute atomic E-state index is 0.139. The van der Waals surface area contributed by atoms with E-state index >= 15 is 0 Å². The molecule has 1 unspecified atom stereocenters. The predicted octanol–water partition coefficient (Wildman–Crippen LogP) is 0.695. The number of hydrogen-bond donors (Lipinski definition) is 3. The van der Waals surface area contributed by atoms with Crippen molar-refractivity contribution < 1.29 is 20.1 Å². The molecule has 0 radical (unpaired) electrons. The molecule has 112 valence electrons. The van der Waals surface area contributed by atoms with Crippen molar-refractivity contribution in [1.29, 1.82) is 0 Å². The number of aromatic carboxylic acids is 1. The zero-order valence-electron chi connectivity index (χ0n) is 11.7. The Balaban J connectivity index is 0.000000219. The van der Waals surface area contributed by atoms with Crippen molar-refractivity contribution in [3.63, 3.8) is 0 Å². The Hall–Kier alpha value is -2.37. The van der Waals surface area contributed by atoms with Gasteiger partial charge in [0, 0.05) is 12.1 Å². The highest BCUT2D eigenvalue weighted by atomic mass is 16.4. The number of rotatable bonds is 4. The van der Waals surface area contributed by atoms with E-state index in [0.717, 1.165) is 0 Å². The van der Waals surface area contributed by atoms with Gasteiger partial charge in [0.05, 0.1) is 12.1 Å². The lowest BCUT2D eigenvalue weighted by atomic mass is 10.1. The number of para-hydroxylation sites is 1. The van der Waals surface area contributed by atoms with Gasteiger partial charge in [0.25, 0.3) is 0 Å². The van der Waals surface area contributed by atoms with Gasteiger partial charge >= 0.3 is 0 Å². The van der Waals surface area contributed by atoms with E-state index in [1.54, 1.807) is 49.5 Å². The molecule has 0 amide bonds. The number of aliphatic hydroxyl groups is 1. The number of phenolic OH excluding ortho intramolecular Hbond substituents is 1. The first-order valence-corrected chi connectivity index (χ1v) is 6.43. The van der Waals surface area contributed by atoms with Gasteiger partial charge in [-0.25, -0.2) is 0 Å². The maximum Gasteiger partial charge on any atom is 0.121 e. The van der Waals surface area contributed by atoms with Crippen molar-refractivity contribution in [2.45, 2.75) is 6.10 Å². The summed E-state index contributed by atoms with van der Waals surface area (Å²) in [5.41, 5.74) is 0.782. The number of aliphatic hydroxyl groups excluding tert-OH is 1. The van der Waals surface area contributed by atoms with Gasteiger partial charge in [-0.2, -0.15) is 0 Å². The molecule has 5 nitrogen and oxygen atoms in total. The molecule has 0 aromatic heterocycles. The van der Waals surface area contributed by atoms with Crippen LogP contribution in [0.4, 0.5) is 0 Å². The molecule has 0 aliphatic rings. The summed E-state index contributed by atoms with van der Waals surface area (Å²) in [6, 6.07) is 14.8. The standard InChI is InChI=1S/C9H13NO2.C7H6O2/c1-10-6-9(12)7-4-2-3-5-8(7)11;8-7(9)6-4-2-1-3-5-6/h2-5,9-12H,6H2,1H3;1-5H,(H,8,9)/p-1. The molecule has 0 bridgehead atoms. The highest BCUT2D eigenvalue weighted by molar-refractivity contribution is 5.85. The van der Waals surface area contributed by atoms with Crippen molar-refractivity contribution in [1.82, 2.24) is 5.32 Å². The van der Waals surface area contributed by atoms with Crippen LogP contribution in [0.25, 0.3) is 0 Å². The third kappa shape index (κ3) is 5.64. The molecule has 2 aromatic carbocycles. The maximum atomic E-state index is 10.1. The highest BCUT2D eigenvalue weighted by Gasteiger charge is 2.09. The normalized spacial score (nSPS) is 11.1. The minimum Gasteiger partial charge on any atom is -0.545 e. The van der Waals surface area contributed by atoms with Crippen molar-refractivity contribution in [2.75, 3.05) is 13.6 Å². The summed E-state index contributed by atoms with van der Waals surface area (Å²) in [6.45, 7) is 0.442. The number of carbonyl (C=O) groups excluding carboxylic acids is 1. The molecule has 2 aromatic rings. The summed E-state index contributed by atoms with van der Waals surface area (Å²) in [6.07, 6.45) is -0.642. The number of likely N-dealkylation sites (N-methyl/N-ethyl adjacent to an activating group) is 1. The number of carbonyl (C=O) groups is 1. The topological polar surface area (TPSA) is 92.6 Å². The van der Waals surface area contributed by atoms with Crippen LogP contribution in [0.15, 0.2) is 54.6 Å². The van der Waals surface area contributed by atoms with Crippen molar-refractivity contribution in [3.05, 3.63) is 65.7 Å². The number of hydrogen-bond acceptors (Lipinski definition) is 5. The van der Waals surface area contributed by atoms with Gasteiger partial charge in [-0.3, -0.25) is 0 Å². The lowest BCUT2D eigenvalue weighted by molar-refractivity contribution is -0.255. The molecule has 0 spiro atoms. The first kappa shape index (κ1) is 16.7. The summed E-state index contributed by atoms with van der Waals surface area (Å²) in [5.74, 6) is -0.990. The molecule has 5 heteroatoms. The molecule has 1 atom stereocenters. The second-order valence-corrected chi connectivity index (χ2v) is 4.29. The van der Waals surface area contributed by atoms with Gasteiger partial charge < -0.3 is 25.4 Å². The Labute approximate surface area is 123 Å². The molecular weight excluding hydrogens is 270 g/mol. The van der Waals surface area contributed by atoms with Crippen LogP contribution in [0, 0.1) is 0 Å². The third-order valence-electron chi connectivity index (χ3n) is 2.70. The fourth-order valence-corrected chi connectivity index (χ4v) is 1.65. The summed E-state index contributed by atoms with van der Waals surface area (Å²) in [4.78, 5) is 10.1. The van der Waals surface area contributed by atoms with Gasteiger partial charge in [-0.05, 0) is 18.7 Å². The molecular formula is C16H18NO4-. The molecule has 0 saturated heterocycles. The Bertz CT molecular complexity index is 557. The Kier molecular flexibility index (Phi) is 6.94. The fraction of sp³-hybridized carbons (Fsp3) is 0.188. The van der Waals surface area contributed by atoms with E-state index < -0.39 is 12.1 Å². The van der Waals surface area contributed by atoms with E-state index in [1.807, 2.05) is 0 Å². The van der Waals surface area contributed by atoms with Crippen LogP contribution in [0.3, 0.4) is 0 Å². The second kappa shape index (κ2) is 8.73. The van der Waals surface area contributed by atoms with Crippen LogP contribution in [0.5, 0.6) is 5.75 Å². The number of benzene rings is 2. The average Bonchev–Trinajstić information content (AvgIpc) is 2.49. The largest absolute Gasteiger partial charge is 0.545 e. The lowest BCUT2D eigenvalue weighted by Gasteiger charge is -2.11. The number of nitrogens with one attached hydrogen (secondary N) is 1. The van der Waals surface area contributed by atoms with Crippen LogP contribution in [-0.4, -0.2) is 29.8 Å². The van der Waals surface area contributed by atoms with Gasteiger partial charge in [-0.15, -0.1) is 0 Å². The van der Waals surface area contributed by atoms with E-state index in [1.165, 1.54) is 12.1 Å². The fourth-order valence-electron chi connectivity index (χ4n) is 1.65. The van der Waals surface area contributed by atoms with Crippen LogP contribution >= 0.6 is 0 Å². The number of phenols is 1. The first-order chi connectivity index (χ1) is 10.1. The molecule has 3 N–H and O–H groups in total. The molecule has 0 aliphatic carbocycles. The van der Waals surface area contributed by atoms with E-state index in [-0.39, 0.29) is 11.3 Å². The zero-order valence-corrected chi connectivity index (χ0v) is 11.7. The summed E-state index contributed by atoms with van der Waals surface area (Å²) in [5, 5.41) is 31.7. The smallest absolute Gasteiger partial charge is 0.121 e. The van der Waals surface area contributed by atoms with Crippen molar-refractivity contribution in [2.24, 2.45) is 0 Å². The molecule has 0 aliphatic heterocycles. The number of carboxylic acid groups (broad SMARTS) is 1.